The van der Waals surface area contributed by atoms with E-state index in [1.807, 2.05) is 0 Å². The highest BCUT2D eigenvalue weighted by atomic mass is 35.5. The van der Waals surface area contributed by atoms with Gasteiger partial charge >= 0.3 is 0 Å². The Bertz CT molecular complexity index is 811. The van der Waals surface area contributed by atoms with Gasteiger partial charge in [-0.2, -0.15) is 0 Å². The quantitative estimate of drug-likeness (QED) is 0.255. The van der Waals surface area contributed by atoms with E-state index < -0.39 is 52.2 Å². The maximum atomic E-state index is 6.93. The van der Waals surface area contributed by atoms with Crippen molar-refractivity contribution in [1.29, 1.82) is 0 Å². The molecule has 27 heavy (non-hydrogen) atoms. The van der Waals surface area contributed by atoms with Crippen LogP contribution in [0.3, 0.4) is 0 Å². The molecule has 1 aliphatic heterocycles. The molecule has 1 heterocycles. The summed E-state index contributed by atoms with van der Waals surface area (Å²) in [6.07, 6.45) is -1.77. The Morgan fingerprint density at radius 1 is 0.481 bits per heavy atom. The minimum atomic E-state index is -1.81. The number of halogens is 12. The fourth-order valence-corrected chi connectivity index (χ4v) is 11.2. The molecule has 4 aliphatic carbocycles. The van der Waals surface area contributed by atoms with Crippen LogP contribution >= 0.6 is 139 Å². The molecule has 0 aromatic rings. The smallest absolute Gasteiger partial charge is 0.169 e. The summed E-state index contributed by atoms with van der Waals surface area (Å²) >= 11 is 79.6. The SMILES string of the molecule is ClC1=C(Cl)[C@]2(Cl)[C@@H]3O[C@H]4[C@@H]([C@@H]3[C@]1(Cl)C2(Cl)Cl)[C@@]1(Cl)C(Cl)=C(Cl)[C@@]4(Cl)C1(Cl)Cl. The zero-order valence-corrected chi connectivity index (χ0v) is 21.3. The van der Waals surface area contributed by atoms with Crippen molar-refractivity contribution in [1.82, 2.24) is 0 Å². The predicted octanol–water partition coefficient (Wildman–Crippen LogP) is 7.68. The van der Waals surface area contributed by atoms with Gasteiger partial charge < -0.3 is 4.74 Å². The number of ether oxygens (including phenoxy) is 1. The van der Waals surface area contributed by atoms with Crippen LogP contribution in [0.4, 0.5) is 0 Å². The first kappa shape index (κ1) is 21.7. The molecular formula is C14H4Cl12O. The molecule has 1 nitrogen and oxygen atoms in total. The van der Waals surface area contributed by atoms with Crippen molar-refractivity contribution in [2.75, 3.05) is 0 Å². The molecule has 0 aromatic heterocycles. The van der Waals surface area contributed by atoms with Crippen LogP contribution in [-0.2, 0) is 4.74 Å². The number of hydrogen-bond acceptors (Lipinski definition) is 1. The lowest BCUT2D eigenvalue weighted by Gasteiger charge is -2.41. The van der Waals surface area contributed by atoms with E-state index in [1.54, 1.807) is 0 Å². The largest absolute Gasteiger partial charge is 0.370 e. The second-order valence-corrected chi connectivity index (χ2v) is 13.8. The van der Waals surface area contributed by atoms with E-state index in [0.29, 0.717) is 0 Å². The number of rotatable bonds is 0. The van der Waals surface area contributed by atoms with Gasteiger partial charge in [0, 0.05) is 11.8 Å². The second-order valence-electron chi connectivity index (χ2n) is 7.28. The molecule has 0 radical (unpaired) electrons. The van der Waals surface area contributed by atoms with Gasteiger partial charge in [0.05, 0.1) is 32.3 Å². The van der Waals surface area contributed by atoms with Crippen molar-refractivity contribution in [3.63, 3.8) is 0 Å². The molecule has 5 rings (SSSR count). The van der Waals surface area contributed by atoms with E-state index in [1.165, 1.54) is 0 Å². The Kier molecular flexibility index (Phi) is 4.44. The normalized spacial score (nSPS) is 59.1. The zero-order chi connectivity index (χ0) is 20.3. The molecule has 0 amide bonds. The van der Waals surface area contributed by atoms with Crippen molar-refractivity contribution in [3.8, 4) is 0 Å². The van der Waals surface area contributed by atoms with Crippen molar-refractivity contribution in [3.05, 3.63) is 20.1 Å². The Labute approximate surface area is 214 Å². The Hall–Kier alpha value is 2.92. The van der Waals surface area contributed by atoms with Crippen LogP contribution in [0.1, 0.15) is 0 Å². The van der Waals surface area contributed by atoms with Gasteiger partial charge in [-0.25, -0.2) is 0 Å². The van der Waals surface area contributed by atoms with Crippen LogP contribution < -0.4 is 0 Å². The summed E-state index contributed by atoms with van der Waals surface area (Å²) in [5, 5.41) is 0.00695. The van der Waals surface area contributed by atoms with Crippen LogP contribution in [0.15, 0.2) is 20.1 Å². The average Bonchev–Trinajstić information content (AvgIpc) is 3.16. The van der Waals surface area contributed by atoms with Crippen LogP contribution in [0.25, 0.3) is 0 Å². The minimum absolute atomic E-state index is 0.000174. The molecule has 13 heteroatoms. The van der Waals surface area contributed by atoms with E-state index in [0.717, 1.165) is 0 Å². The number of fused-ring (bicyclic) bond motifs is 11. The average molecular weight is 614 g/mol. The van der Waals surface area contributed by atoms with Gasteiger partial charge in [-0.1, -0.05) is 92.8 Å². The van der Waals surface area contributed by atoms with Crippen LogP contribution in [0.2, 0.25) is 0 Å². The predicted molar refractivity (Wildman–Crippen MR) is 116 cm³/mol. The van der Waals surface area contributed by atoms with E-state index in [4.69, 9.17) is 144 Å². The molecule has 0 spiro atoms. The van der Waals surface area contributed by atoms with E-state index in [-0.39, 0.29) is 20.1 Å². The van der Waals surface area contributed by atoms with Crippen molar-refractivity contribution >= 4 is 139 Å². The minimum Gasteiger partial charge on any atom is -0.370 e. The van der Waals surface area contributed by atoms with E-state index in [9.17, 15) is 0 Å². The monoisotopic (exact) mass is 608 g/mol. The fourth-order valence-electron chi connectivity index (χ4n) is 5.34. The second kappa shape index (κ2) is 5.52. The molecule has 8 atom stereocenters. The molecule has 3 fully saturated rings. The zero-order valence-electron chi connectivity index (χ0n) is 12.3. The number of allylic oxidation sites excluding steroid dienone is 2. The Morgan fingerprint density at radius 3 is 1.04 bits per heavy atom. The van der Waals surface area contributed by atoms with Gasteiger partial charge in [-0.15, -0.1) is 46.4 Å². The third kappa shape index (κ3) is 1.70. The fraction of sp³-hybridized carbons (Fsp3) is 0.714. The lowest BCUT2D eigenvalue weighted by Crippen LogP contribution is -2.51. The summed E-state index contributed by atoms with van der Waals surface area (Å²) in [6.45, 7) is 0. The van der Waals surface area contributed by atoms with E-state index in [2.05, 4.69) is 0 Å². The van der Waals surface area contributed by atoms with Crippen LogP contribution in [0.5, 0.6) is 0 Å². The third-order valence-corrected chi connectivity index (χ3v) is 15.0. The first-order valence-electron chi connectivity index (χ1n) is 7.39. The molecule has 4 bridgehead atoms. The lowest BCUT2D eigenvalue weighted by molar-refractivity contribution is 0.0144. The summed E-state index contributed by atoms with van der Waals surface area (Å²) in [4.78, 5) is -6.53. The van der Waals surface area contributed by atoms with Crippen LogP contribution in [0, 0.1) is 11.8 Å². The molecule has 0 N–H and O–H groups in total. The van der Waals surface area contributed by atoms with Gasteiger partial charge in [0.2, 0.25) is 0 Å². The van der Waals surface area contributed by atoms with Gasteiger partial charge in [-0.05, 0) is 0 Å². The molecule has 0 aromatic carbocycles. The Morgan fingerprint density at radius 2 is 0.741 bits per heavy atom. The molecule has 5 aliphatic rings. The summed E-state index contributed by atoms with van der Waals surface area (Å²) in [6, 6.07) is 0. The first-order chi connectivity index (χ1) is 12.1. The molecule has 0 unspecified atom stereocenters. The summed E-state index contributed by atoms with van der Waals surface area (Å²) in [5.41, 5.74) is 0. The van der Waals surface area contributed by atoms with Gasteiger partial charge in [-0.3, -0.25) is 0 Å². The van der Waals surface area contributed by atoms with Crippen molar-refractivity contribution in [2.45, 2.75) is 40.4 Å². The number of hydrogen-bond donors (Lipinski definition) is 0. The highest BCUT2D eigenvalue weighted by Gasteiger charge is 2.94. The van der Waals surface area contributed by atoms with Gasteiger partial charge in [0.25, 0.3) is 0 Å². The molecule has 2 saturated carbocycles. The highest BCUT2D eigenvalue weighted by molar-refractivity contribution is 6.67. The lowest BCUT2D eigenvalue weighted by atomic mass is 9.74. The first-order valence-corrected chi connectivity index (χ1v) is 11.9. The maximum Gasteiger partial charge on any atom is 0.169 e. The highest BCUT2D eigenvalue weighted by Crippen LogP contribution is 2.85. The van der Waals surface area contributed by atoms with Crippen molar-refractivity contribution in [2.24, 2.45) is 11.8 Å². The Balaban J connectivity index is 1.80. The number of alkyl halides is 8. The molecular weight excluding hydrogens is 610 g/mol. The maximum absolute atomic E-state index is 6.93. The van der Waals surface area contributed by atoms with Gasteiger partial charge in [0.15, 0.2) is 8.67 Å². The summed E-state index contributed by atoms with van der Waals surface area (Å²) in [7, 11) is 0. The van der Waals surface area contributed by atoms with E-state index >= 15 is 0 Å². The van der Waals surface area contributed by atoms with Crippen LogP contribution in [-0.4, -0.2) is 40.4 Å². The van der Waals surface area contributed by atoms with Crippen molar-refractivity contribution < 1.29 is 4.74 Å². The summed E-state index contributed by atoms with van der Waals surface area (Å²) < 4.78 is 2.57. The summed E-state index contributed by atoms with van der Waals surface area (Å²) in [5.74, 6) is -1.50. The topological polar surface area (TPSA) is 9.23 Å². The standard InChI is InChI=1S/C14H4Cl12O/c15-3-5(17)11(21)7-1(9(3,19)13(11,23)24)2-8(27-7)12(22)6(18)4(16)10(2,20)14(12,25)26/h1-2,7-8H/t1-,2+,7+,8-,9-,10-,11+,12+/m1/s1. The molecule has 1 saturated heterocycles. The third-order valence-electron chi connectivity index (χ3n) is 6.53. The molecule has 150 valence electrons. The van der Waals surface area contributed by atoms with Gasteiger partial charge in [0.1, 0.15) is 19.5 Å².